The lowest BCUT2D eigenvalue weighted by Gasteiger charge is -2.18. The van der Waals surface area contributed by atoms with Gasteiger partial charge in [-0.15, -0.1) is 0 Å². The van der Waals surface area contributed by atoms with Gasteiger partial charge in [-0.3, -0.25) is 14.4 Å². The Bertz CT molecular complexity index is 993. The molecule has 0 saturated heterocycles. The number of allylic oxidation sites excluding steroid dienone is 2. The standard InChI is InChI=1S/C58H110O6/c1-4-7-10-13-16-18-20-22-23-24-25-26-27-28-29-30-31-32-33-34-35-36-37-39-40-42-45-48-51-57(60)63-54-55(53-62-56(59)50-47-44-15-12-9-6-3)64-58(61)52-49-46-43-41-38-21-19-17-14-11-8-5-2/h17,19,55H,4-16,18,20-54H2,1-3H3/b19-17-. The van der Waals surface area contributed by atoms with Crippen molar-refractivity contribution in [2.45, 2.75) is 329 Å². The topological polar surface area (TPSA) is 78.9 Å². The van der Waals surface area contributed by atoms with Crippen LogP contribution in [-0.2, 0) is 28.6 Å². The van der Waals surface area contributed by atoms with Crippen LogP contribution in [0.1, 0.15) is 323 Å². The molecular weight excluding hydrogens is 793 g/mol. The Hall–Kier alpha value is -1.85. The molecule has 378 valence electrons. The molecule has 0 bridgehead atoms. The van der Waals surface area contributed by atoms with Gasteiger partial charge in [0.2, 0.25) is 0 Å². The summed E-state index contributed by atoms with van der Waals surface area (Å²) >= 11 is 0. The van der Waals surface area contributed by atoms with E-state index in [1.54, 1.807) is 0 Å². The van der Waals surface area contributed by atoms with Crippen molar-refractivity contribution in [1.82, 2.24) is 0 Å². The molecule has 0 aromatic rings. The van der Waals surface area contributed by atoms with Gasteiger partial charge in [-0.25, -0.2) is 0 Å². The summed E-state index contributed by atoms with van der Waals surface area (Å²) in [7, 11) is 0. The van der Waals surface area contributed by atoms with E-state index in [2.05, 4.69) is 32.9 Å². The van der Waals surface area contributed by atoms with Gasteiger partial charge in [0.25, 0.3) is 0 Å². The van der Waals surface area contributed by atoms with E-state index in [-0.39, 0.29) is 31.1 Å². The number of carbonyl (C=O) groups is 3. The Balaban J connectivity index is 3.94. The van der Waals surface area contributed by atoms with Crippen molar-refractivity contribution in [2.75, 3.05) is 13.2 Å². The lowest BCUT2D eigenvalue weighted by Crippen LogP contribution is -2.30. The van der Waals surface area contributed by atoms with E-state index in [9.17, 15) is 14.4 Å². The van der Waals surface area contributed by atoms with Crippen LogP contribution in [-0.4, -0.2) is 37.2 Å². The van der Waals surface area contributed by atoms with E-state index in [4.69, 9.17) is 14.2 Å². The molecule has 0 spiro atoms. The smallest absolute Gasteiger partial charge is 0.306 e. The van der Waals surface area contributed by atoms with Gasteiger partial charge < -0.3 is 14.2 Å². The number of unbranched alkanes of at least 4 members (excludes halogenated alkanes) is 40. The summed E-state index contributed by atoms with van der Waals surface area (Å²) in [6.45, 7) is 6.59. The Kier molecular flexibility index (Phi) is 52.2. The second-order valence-corrected chi connectivity index (χ2v) is 19.6. The number of hydrogen-bond donors (Lipinski definition) is 0. The van der Waals surface area contributed by atoms with E-state index >= 15 is 0 Å². The molecule has 0 radical (unpaired) electrons. The van der Waals surface area contributed by atoms with Gasteiger partial charge in [-0.1, -0.05) is 270 Å². The second kappa shape index (κ2) is 53.8. The minimum absolute atomic E-state index is 0.0691. The molecule has 0 saturated carbocycles. The van der Waals surface area contributed by atoms with Crippen LogP contribution < -0.4 is 0 Å². The predicted molar refractivity (Wildman–Crippen MR) is 275 cm³/mol. The maximum absolute atomic E-state index is 12.7. The molecule has 6 nitrogen and oxygen atoms in total. The summed E-state index contributed by atoms with van der Waals surface area (Å²) in [5.74, 6) is -0.872. The summed E-state index contributed by atoms with van der Waals surface area (Å²) in [5, 5.41) is 0. The van der Waals surface area contributed by atoms with E-state index in [1.165, 1.54) is 218 Å². The fourth-order valence-corrected chi connectivity index (χ4v) is 8.68. The molecule has 0 aliphatic rings. The van der Waals surface area contributed by atoms with Crippen LogP contribution in [0.15, 0.2) is 12.2 Å². The first-order chi connectivity index (χ1) is 31.5. The van der Waals surface area contributed by atoms with Crippen LogP contribution in [0.3, 0.4) is 0 Å². The van der Waals surface area contributed by atoms with Crippen molar-refractivity contribution in [3.63, 3.8) is 0 Å². The zero-order valence-corrected chi connectivity index (χ0v) is 43.3. The van der Waals surface area contributed by atoms with Gasteiger partial charge in [-0.2, -0.15) is 0 Å². The minimum atomic E-state index is -0.766. The Morgan fingerprint density at radius 3 is 0.812 bits per heavy atom. The Morgan fingerprint density at radius 1 is 0.297 bits per heavy atom. The highest BCUT2D eigenvalue weighted by molar-refractivity contribution is 5.71. The molecule has 0 amide bonds. The predicted octanol–water partition coefficient (Wildman–Crippen LogP) is 18.9. The van der Waals surface area contributed by atoms with Gasteiger partial charge in [-0.05, 0) is 44.9 Å². The first-order valence-electron chi connectivity index (χ1n) is 28.7. The fourth-order valence-electron chi connectivity index (χ4n) is 8.68. The number of carbonyl (C=O) groups excluding carboxylic acids is 3. The largest absolute Gasteiger partial charge is 0.462 e. The van der Waals surface area contributed by atoms with Gasteiger partial charge in [0.05, 0.1) is 0 Å². The third-order valence-corrected chi connectivity index (χ3v) is 13.0. The first-order valence-corrected chi connectivity index (χ1v) is 28.7. The highest BCUT2D eigenvalue weighted by atomic mass is 16.6. The molecule has 1 unspecified atom stereocenters. The monoisotopic (exact) mass is 903 g/mol. The van der Waals surface area contributed by atoms with Gasteiger partial charge in [0.15, 0.2) is 6.10 Å². The van der Waals surface area contributed by atoms with Gasteiger partial charge >= 0.3 is 17.9 Å². The van der Waals surface area contributed by atoms with Crippen molar-refractivity contribution >= 4 is 17.9 Å². The molecule has 0 fully saturated rings. The molecule has 1 atom stereocenters. The highest BCUT2D eigenvalue weighted by Gasteiger charge is 2.19. The zero-order valence-electron chi connectivity index (χ0n) is 43.3. The average molecular weight is 904 g/mol. The van der Waals surface area contributed by atoms with E-state index in [1.807, 2.05) is 0 Å². The van der Waals surface area contributed by atoms with Crippen LogP contribution in [0.4, 0.5) is 0 Å². The lowest BCUT2D eigenvalue weighted by atomic mass is 10.0. The van der Waals surface area contributed by atoms with Crippen molar-refractivity contribution in [1.29, 1.82) is 0 Å². The van der Waals surface area contributed by atoms with Crippen molar-refractivity contribution in [3.05, 3.63) is 12.2 Å². The van der Waals surface area contributed by atoms with Crippen molar-refractivity contribution < 1.29 is 28.6 Å². The molecule has 0 rings (SSSR count). The van der Waals surface area contributed by atoms with Crippen LogP contribution in [0.5, 0.6) is 0 Å². The maximum atomic E-state index is 12.7. The quantitative estimate of drug-likeness (QED) is 0.0262. The average Bonchev–Trinajstić information content (AvgIpc) is 3.29. The SMILES string of the molecule is CCCCC/C=C\CCCCCCCC(=O)OC(COC(=O)CCCCCCCC)COC(=O)CCCCCCCCCCCCCCCCCCCCCCCCCCCCCC. The normalized spacial score (nSPS) is 12.0. The van der Waals surface area contributed by atoms with Crippen molar-refractivity contribution in [2.24, 2.45) is 0 Å². The first kappa shape index (κ1) is 62.1. The molecule has 0 heterocycles. The molecule has 6 heteroatoms. The summed E-state index contributed by atoms with van der Waals surface area (Å²) in [5.41, 5.74) is 0. The third-order valence-electron chi connectivity index (χ3n) is 13.0. The van der Waals surface area contributed by atoms with E-state index in [0.717, 1.165) is 64.2 Å². The Morgan fingerprint density at radius 2 is 0.516 bits per heavy atom. The zero-order chi connectivity index (χ0) is 46.5. The minimum Gasteiger partial charge on any atom is -0.462 e. The van der Waals surface area contributed by atoms with E-state index < -0.39 is 6.10 Å². The summed E-state index contributed by atoms with van der Waals surface area (Å²) in [6.07, 6.45) is 61.2. The molecule has 64 heavy (non-hydrogen) atoms. The molecule has 0 aliphatic heterocycles. The molecule has 0 aliphatic carbocycles. The molecule has 0 N–H and O–H groups in total. The third kappa shape index (κ3) is 51.1. The number of esters is 3. The van der Waals surface area contributed by atoms with Gasteiger partial charge in [0.1, 0.15) is 13.2 Å². The summed E-state index contributed by atoms with van der Waals surface area (Å²) in [6, 6.07) is 0. The maximum Gasteiger partial charge on any atom is 0.306 e. The Labute approximate surface area is 399 Å². The number of rotatable bonds is 53. The lowest BCUT2D eigenvalue weighted by molar-refractivity contribution is -0.167. The molecular formula is C58H110O6. The van der Waals surface area contributed by atoms with Crippen LogP contribution in [0.25, 0.3) is 0 Å². The fraction of sp³-hybridized carbons (Fsp3) is 0.914. The highest BCUT2D eigenvalue weighted by Crippen LogP contribution is 2.17. The van der Waals surface area contributed by atoms with E-state index in [0.29, 0.717) is 19.3 Å². The summed E-state index contributed by atoms with van der Waals surface area (Å²) in [4.78, 5) is 37.7. The second-order valence-electron chi connectivity index (χ2n) is 19.6. The van der Waals surface area contributed by atoms with Gasteiger partial charge in [0, 0.05) is 19.3 Å². The molecule has 0 aromatic carbocycles. The van der Waals surface area contributed by atoms with Crippen LogP contribution in [0.2, 0.25) is 0 Å². The molecule has 0 aromatic heterocycles. The van der Waals surface area contributed by atoms with Crippen molar-refractivity contribution in [3.8, 4) is 0 Å². The van der Waals surface area contributed by atoms with Crippen LogP contribution in [0, 0.1) is 0 Å². The van der Waals surface area contributed by atoms with Crippen LogP contribution >= 0.6 is 0 Å². The number of ether oxygens (including phenoxy) is 3. The summed E-state index contributed by atoms with van der Waals surface area (Å²) < 4.78 is 16.7. The number of hydrogen-bond acceptors (Lipinski definition) is 6.